The summed E-state index contributed by atoms with van der Waals surface area (Å²) in [6.07, 6.45) is 1.36. The molecule has 0 aliphatic rings. The fraction of sp³-hybridized carbons (Fsp3) is 0.615. The summed E-state index contributed by atoms with van der Waals surface area (Å²) in [7, 11) is 0. The van der Waals surface area contributed by atoms with E-state index in [0.29, 0.717) is 12.8 Å². The molecule has 0 fully saturated rings. The van der Waals surface area contributed by atoms with Crippen molar-refractivity contribution >= 4 is 23.7 Å². The van der Waals surface area contributed by atoms with Crippen molar-refractivity contribution in [1.82, 2.24) is 16.0 Å². The van der Waals surface area contributed by atoms with Crippen LogP contribution in [-0.2, 0) is 25.6 Å². The fourth-order valence-corrected chi connectivity index (χ4v) is 3.51. The molecule has 0 spiro atoms. The fourth-order valence-electron chi connectivity index (χ4n) is 3.51. The molecular weight excluding hydrogens is 448 g/mol. The van der Waals surface area contributed by atoms with Gasteiger partial charge in [-0.15, -0.1) is 0 Å². The minimum Gasteiger partial charge on any atom is -0.480 e. The van der Waals surface area contributed by atoms with Crippen molar-refractivity contribution in [3.05, 3.63) is 35.9 Å². The largest absolute Gasteiger partial charge is 0.480 e. The van der Waals surface area contributed by atoms with Gasteiger partial charge in [0.15, 0.2) is 0 Å². The lowest BCUT2D eigenvalue weighted by Gasteiger charge is -2.29. The zero-order chi connectivity index (χ0) is 26.7. The zero-order valence-electron chi connectivity index (χ0n) is 21.7. The summed E-state index contributed by atoms with van der Waals surface area (Å²) in [5.41, 5.74) is 6.81. The van der Waals surface area contributed by atoms with Crippen LogP contribution in [0.15, 0.2) is 30.3 Å². The van der Waals surface area contributed by atoms with E-state index < -0.39 is 47.9 Å². The van der Waals surface area contributed by atoms with Gasteiger partial charge in [-0.3, -0.25) is 14.4 Å². The Labute approximate surface area is 208 Å². The number of aliphatic carboxylic acids is 1. The Morgan fingerprint density at radius 2 is 1.31 bits per heavy atom. The molecule has 196 valence electrons. The van der Waals surface area contributed by atoms with Crippen LogP contribution in [0.1, 0.15) is 59.9 Å². The molecule has 1 rings (SSSR count). The molecule has 1 aromatic rings. The molecule has 0 radical (unpaired) electrons. The number of carbonyl (C=O) groups excluding carboxylic acids is 3. The van der Waals surface area contributed by atoms with Crippen molar-refractivity contribution in [2.24, 2.45) is 23.5 Å². The van der Waals surface area contributed by atoms with Crippen LogP contribution in [0, 0.1) is 17.8 Å². The maximum atomic E-state index is 13.4. The molecule has 6 N–H and O–H groups in total. The molecule has 0 aromatic heterocycles. The van der Waals surface area contributed by atoms with Gasteiger partial charge in [0.1, 0.15) is 18.1 Å². The SMILES string of the molecule is CCC(C)C(NC(=O)C(NC(=O)C(Cc1ccccc1)NC(=O)C(N)C(C)C)C(C)CC)C(=O)O. The number of amides is 3. The van der Waals surface area contributed by atoms with Crippen molar-refractivity contribution in [1.29, 1.82) is 0 Å². The molecule has 0 bridgehead atoms. The Balaban J connectivity index is 3.15. The molecule has 9 nitrogen and oxygen atoms in total. The highest BCUT2D eigenvalue weighted by Gasteiger charge is 2.34. The summed E-state index contributed by atoms with van der Waals surface area (Å²) in [4.78, 5) is 50.9. The van der Waals surface area contributed by atoms with Gasteiger partial charge in [0, 0.05) is 6.42 Å². The standard InChI is InChI=1S/C26H42N4O5/c1-7-16(5)21(25(33)30-22(26(34)35)17(6)8-2)29-23(31)19(14-18-12-10-9-11-13-18)28-24(32)20(27)15(3)4/h9-13,15-17,19-22H,7-8,14,27H2,1-6H3,(H,28,32)(H,29,31)(H,30,33)(H,34,35). The van der Waals surface area contributed by atoms with Gasteiger partial charge >= 0.3 is 5.97 Å². The number of carboxylic acid groups (broad SMARTS) is 1. The van der Waals surface area contributed by atoms with Crippen LogP contribution in [0.5, 0.6) is 0 Å². The highest BCUT2D eigenvalue weighted by Crippen LogP contribution is 2.13. The summed E-state index contributed by atoms with van der Waals surface area (Å²) >= 11 is 0. The Morgan fingerprint density at radius 3 is 1.80 bits per heavy atom. The number of nitrogens with two attached hydrogens (primary N) is 1. The predicted octanol–water partition coefficient (Wildman–Crippen LogP) is 1.84. The first-order valence-corrected chi connectivity index (χ1v) is 12.4. The Morgan fingerprint density at radius 1 is 0.800 bits per heavy atom. The minimum absolute atomic E-state index is 0.123. The second-order valence-electron chi connectivity index (χ2n) is 9.60. The first-order chi connectivity index (χ1) is 16.4. The molecule has 3 amide bonds. The van der Waals surface area contributed by atoms with Crippen LogP contribution < -0.4 is 21.7 Å². The monoisotopic (exact) mass is 490 g/mol. The van der Waals surface area contributed by atoms with Crippen LogP contribution in [-0.4, -0.2) is 53.0 Å². The Kier molecular flexibility index (Phi) is 12.4. The van der Waals surface area contributed by atoms with E-state index in [1.54, 1.807) is 6.92 Å². The lowest BCUT2D eigenvalue weighted by atomic mass is 9.94. The molecule has 1 aromatic carbocycles. The summed E-state index contributed by atoms with van der Waals surface area (Å²) in [6, 6.07) is 5.43. The van der Waals surface area contributed by atoms with E-state index in [1.165, 1.54) is 0 Å². The van der Waals surface area contributed by atoms with E-state index in [1.807, 2.05) is 65.0 Å². The van der Waals surface area contributed by atoms with Crippen molar-refractivity contribution in [3.8, 4) is 0 Å². The van der Waals surface area contributed by atoms with Gasteiger partial charge < -0.3 is 26.8 Å². The molecule has 6 unspecified atom stereocenters. The van der Waals surface area contributed by atoms with E-state index in [-0.39, 0.29) is 24.2 Å². The Hall–Kier alpha value is -2.94. The van der Waals surface area contributed by atoms with Crippen LogP contribution >= 0.6 is 0 Å². The number of carboxylic acids is 1. The lowest BCUT2D eigenvalue weighted by Crippen LogP contribution is -2.60. The highest BCUT2D eigenvalue weighted by atomic mass is 16.4. The van der Waals surface area contributed by atoms with E-state index in [9.17, 15) is 24.3 Å². The van der Waals surface area contributed by atoms with E-state index in [0.717, 1.165) is 5.56 Å². The third-order valence-electron chi connectivity index (χ3n) is 6.51. The van der Waals surface area contributed by atoms with Gasteiger partial charge in [-0.2, -0.15) is 0 Å². The smallest absolute Gasteiger partial charge is 0.326 e. The highest BCUT2D eigenvalue weighted by molar-refractivity contribution is 5.94. The van der Waals surface area contributed by atoms with E-state index >= 15 is 0 Å². The summed E-state index contributed by atoms with van der Waals surface area (Å²) in [6.45, 7) is 10.9. The van der Waals surface area contributed by atoms with Crippen LogP contribution in [0.25, 0.3) is 0 Å². The number of rotatable bonds is 14. The normalized spacial score (nSPS) is 16.3. The molecule has 0 aliphatic carbocycles. The Bertz CT molecular complexity index is 845. The average Bonchev–Trinajstić information content (AvgIpc) is 2.83. The maximum absolute atomic E-state index is 13.4. The number of nitrogens with one attached hydrogen (secondary N) is 3. The minimum atomic E-state index is -1.13. The lowest BCUT2D eigenvalue weighted by molar-refractivity contribution is -0.144. The van der Waals surface area contributed by atoms with Gasteiger partial charge in [-0.25, -0.2) is 4.79 Å². The molecular formula is C26H42N4O5. The van der Waals surface area contributed by atoms with Crippen molar-refractivity contribution in [3.63, 3.8) is 0 Å². The van der Waals surface area contributed by atoms with E-state index in [4.69, 9.17) is 5.73 Å². The second-order valence-corrected chi connectivity index (χ2v) is 9.60. The van der Waals surface area contributed by atoms with Crippen LogP contribution in [0.3, 0.4) is 0 Å². The summed E-state index contributed by atoms with van der Waals surface area (Å²) < 4.78 is 0. The predicted molar refractivity (Wildman–Crippen MR) is 135 cm³/mol. The van der Waals surface area contributed by atoms with Gasteiger partial charge in [0.25, 0.3) is 0 Å². The summed E-state index contributed by atoms with van der Waals surface area (Å²) in [5, 5.41) is 17.7. The molecule has 0 saturated carbocycles. The van der Waals surface area contributed by atoms with Gasteiger partial charge in [-0.05, 0) is 23.3 Å². The molecule has 0 aliphatic heterocycles. The molecule has 0 heterocycles. The second kappa shape index (κ2) is 14.5. The first-order valence-electron chi connectivity index (χ1n) is 12.4. The maximum Gasteiger partial charge on any atom is 0.326 e. The van der Waals surface area contributed by atoms with E-state index in [2.05, 4.69) is 16.0 Å². The van der Waals surface area contributed by atoms with Crippen molar-refractivity contribution < 1.29 is 24.3 Å². The molecule has 9 heteroatoms. The number of benzene rings is 1. The third kappa shape index (κ3) is 9.32. The quantitative estimate of drug-likeness (QED) is 0.268. The average molecular weight is 491 g/mol. The number of hydrogen-bond acceptors (Lipinski definition) is 5. The molecule has 6 atom stereocenters. The van der Waals surface area contributed by atoms with Gasteiger partial charge in [0.2, 0.25) is 17.7 Å². The van der Waals surface area contributed by atoms with Gasteiger partial charge in [-0.1, -0.05) is 84.7 Å². The van der Waals surface area contributed by atoms with Crippen LogP contribution in [0.2, 0.25) is 0 Å². The molecule has 0 saturated heterocycles. The topological polar surface area (TPSA) is 151 Å². The number of hydrogen-bond donors (Lipinski definition) is 5. The van der Waals surface area contributed by atoms with Crippen molar-refractivity contribution in [2.75, 3.05) is 0 Å². The summed E-state index contributed by atoms with van der Waals surface area (Å²) in [5.74, 6) is -3.36. The first kappa shape index (κ1) is 30.1. The molecule has 35 heavy (non-hydrogen) atoms. The van der Waals surface area contributed by atoms with Crippen molar-refractivity contribution in [2.45, 2.75) is 85.0 Å². The number of carbonyl (C=O) groups is 4. The third-order valence-corrected chi connectivity index (χ3v) is 6.51. The zero-order valence-corrected chi connectivity index (χ0v) is 21.7. The van der Waals surface area contributed by atoms with Crippen LogP contribution in [0.4, 0.5) is 0 Å². The van der Waals surface area contributed by atoms with Gasteiger partial charge in [0.05, 0.1) is 6.04 Å².